The lowest BCUT2D eigenvalue weighted by molar-refractivity contribution is -0.120. The molecule has 1 unspecified atom stereocenters. The summed E-state index contributed by atoms with van der Waals surface area (Å²) in [6.45, 7) is 2.95. The maximum atomic E-state index is 10.9. The van der Waals surface area contributed by atoms with Crippen molar-refractivity contribution in [1.82, 2.24) is 5.32 Å². The highest BCUT2D eigenvalue weighted by Gasteiger charge is 2.01. The minimum atomic E-state index is 0.110. The van der Waals surface area contributed by atoms with Crippen LogP contribution >= 0.6 is 24.4 Å². The predicted octanol–water partition coefficient (Wildman–Crippen LogP) is 1.56. The maximum absolute atomic E-state index is 10.9. The van der Waals surface area contributed by atoms with Gasteiger partial charge in [-0.25, -0.2) is 0 Å². The molecule has 0 aromatic rings. The fourth-order valence-corrected chi connectivity index (χ4v) is 1.28. The lowest BCUT2D eigenvalue weighted by Gasteiger charge is -2.08. The summed E-state index contributed by atoms with van der Waals surface area (Å²) in [6.07, 6.45) is 3.65. The lowest BCUT2D eigenvalue weighted by atomic mass is 10.3. The molecule has 0 aliphatic rings. The topological polar surface area (TPSA) is 29.1 Å². The normalized spacial score (nSPS) is 12.6. The molecule has 1 N–H and O–H groups in total. The highest BCUT2D eigenvalue weighted by atomic mass is 32.2. The highest BCUT2D eigenvalue weighted by molar-refractivity contribution is 7.99. The minimum absolute atomic E-state index is 0.110. The van der Waals surface area contributed by atoms with Gasteiger partial charge < -0.3 is 5.32 Å². The monoisotopic (exact) mass is 207 g/mol. The summed E-state index contributed by atoms with van der Waals surface area (Å²) in [5, 5.41) is 3.47. The number of rotatable bonds is 6. The van der Waals surface area contributed by atoms with E-state index in [-0.39, 0.29) is 5.91 Å². The van der Waals surface area contributed by atoms with Crippen LogP contribution in [0.4, 0.5) is 0 Å². The lowest BCUT2D eigenvalue weighted by Crippen LogP contribution is -2.25. The number of thioether (sulfide) groups is 1. The third-order valence-corrected chi connectivity index (χ3v) is 2.88. The third kappa shape index (κ3) is 6.85. The average molecular weight is 207 g/mol. The van der Waals surface area contributed by atoms with E-state index in [1.165, 1.54) is 0 Å². The van der Waals surface area contributed by atoms with Crippen LogP contribution in [0.2, 0.25) is 0 Å². The number of amides is 1. The van der Waals surface area contributed by atoms with E-state index in [1.807, 2.05) is 11.8 Å². The molecule has 1 atom stereocenters. The zero-order chi connectivity index (χ0) is 9.40. The van der Waals surface area contributed by atoms with Crippen molar-refractivity contribution in [3.05, 3.63) is 0 Å². The Labute approximate surface area is 84.3 Å². The number of carbonyl (C=O) groups excluding carboxylic acids is 1. The Kier molecular flexibility index (Phi) is 7.91. The van der Waals surface area contributed by atoms with Gasteiger partial charge in [-0.1, -0.05) is 6.92 Å². The summed E-state index contributed by atoms with van der Waals surface area (Å²) in [5.74, 6) is 0.738. The third-order valence-electron chi connectivity index (χ3n) is 1.61. The molecule has 0 spiro atoms. The molecule has 0 fully saturated rings. The molecule has 0 bridgehead atoms. The second-order valence-electron chi connectivity index (χ2n) is 2.66. The number of hydrogen-bond acceptors (Lipinski definition) is 3. The fourth-order valence-electron chi connectivity index (χ4n) is 0.723. The van der Waals surface area contributed by atoms with E-state index in [0.29, 0.717) is 17.4 Å². The van der Waals surface area contributed by atoms with Crippen molar-refractivity contribution in [3.8, 4) is 0 Å². The van der Waals surface area contributed by atoms with Gasteiger partial charge in [0.25, 0.3) is 0 Å². The SMILES string of the molecule is CSC(C)CCNC(=O)CCS. The molecule has 0 saturated heterocycles. The standard InChI is InChI=1S/C8H17NOS2/c1-7(12-2)3-5-9-8(10)4-6-11/h7,11H,3-6H2,1-2H3,(H,9,10). The summed E-state index contributed by atoms with van der Waals surface area (Å²) in [5.41, 5.74) is 0. The van der Waals surface area contributed by atoms with E-state index in [0.717, 1.165) is 13.0 Å². The Morgan fingerprint density at radius 3 is 2.83 bits per heavy atom. The fraction of sp³-hybridized carbons (Fsp3) is 0.875. The Hall–Kier alpha value is 0.170. The molecule has 0 heterocycles. The zero-order valence-corrected chi connectivity index (χ0v) is 9.38. The quantitative estimate of drug-likeness (QED) is 0.647. The first-order valence-corrected chi connectivity index (χ1v) is 6.03. The van der Waals surface area contributed by atoms with E-state index < -0.39 is 0 Å². The number of nitrogens with one attached hydrogen (secondary N) is 1. The van der Waals surface area contributed by atoms with E-state index in [1.54, 1.807) is 0 Å². The average Bonchev–Trinajstić information content (AvgIpc) is 2.04. The van der Waals surface area contributed by atoms with Gasteiger partial charge in [-0.2, -0.15) is 24.4 Å². The number of hydrogen-bond donors (Lipinski definition) is 2. The highest BCUT2D eigenvalue weighted by Crippen LogP contribution is 2.07. The first-order chi connectivity index (χ1) is 5.70. The van der Waals surface area contributed by atoms with Crippen LogP contribution in [0.5, 0.6) is 0 Å². The van der Waals surface area contributed by atoms with Gasteiger partial charge in [0, 0.05) is 18.2 Å². The first kappa shape index (κ1) is 12.2. The van der Waals surface area contributed by atoms with Crippen molar-refractivity contribution in [2.75, 3.05) is 18.6 Å². The van der Waals surface area contributed by atoms with Gasteiger partial charge in [0.05, 0.1) is 0 Å². The second kappa shape index (κ2) is 7.80. The number of carbonyl (C=O) groups is 1. The van der Waals surface area contributed by atoms with E-state index >= 15 is 0 Å². The van der Waals surface area contributed by atoms with Crippen molar-refractivity contribution in [3.63, 3.8) is 0 Å². The maximum Gasteiger partial charge on any atom is 0.220 e. The molecular weight excluding hydrogens is 190 g/mol. The molecule has 2 nitrogen and oxygen atoms in total. The summed E-state index contributed by atoms with van der Waals surface area (Å²) in [6, 6.07) is 0. The van der Waals surface area contributed by atoms with E-state index in [9.17, 15) is 4.79 Å². The van der Waals surface area contributed by atoms with Gasteiger partial charge >= 0.3 is 0 Å². The molecule has 72 valence electrons. The molecule has 0 rings (SSSR count). The molecule has 0 aliphatic carbocycles. The van der Waals surface area contributed by atoms with Crippen LogP contribution in [-0.4, -0.2) is 29.7 Å². The molecular formula is C8H17NOS2. The molecule has 4 heteroatoms. The Bertz CT molecular complexity index is 130. The van der Waals surface area contributed by atoms with Crippen molar-refractivity contribution in [2.45, 2.75) is 25.0 Å². The smallest absolute Gasteiger partial charge is 0.220 e. The van der Waals surface area contributed by atoms with Crippen molar-refractivity contribution in [2.24, 2.45) is 0 Å². The number of thiol groups is 1. The second-order valence-corrected chi connectivity index (χ2v) is 4.38. The summed E-state index contributed by atoms with van der Waals surface area (Å²) in [4.78, 5) is 10.9. The van der Waals surface area contributed by atoms with Crippen molar-refractivity contribution < 1.29 is 4.79 Å². The van der Waals surface area contributed by atoms with Gasteiger partial charge in [-0.15, -0.1) is 0 Å². The molecule has 0 radical (unpaired) electrons. The van der Waals surface area contributed by atoms with Crippen molar-refractivity contribution in [1.29, 1.82) is 0 Å². The Morgan fingerprint density at radius 1 is 1.67 bits per heavy atom. The van der Waals surface area contributed by atoms with Crippen LogP contribution < -0.4 is 5.32 Å². The van der Waals surface area contributed by atoms with Gasteiger partial charge in [0.1, 0.15) is 0 Å². The van der Waals surface area contributed by atoms with Crippen LogP contribution in [-0.2, 0) is 4.79 Å². The molecule has 0 aliphatic heterocycles. The Morgan fingerprint density at radius 2 is 2.33 bits per heavy atom. The first-order valence-electron chi connectivity index (χ1n) is 4.11. The summed E-state index contributed by atoms with van der Waals surface area (Å²) < 4.78 is 0. The minimum Gasteiger partial charge on any atom is -0.356 e. The van der Waals surface area contributed by atoms with Crippen LogP contribution in [0, 0.1) is 0 Å². The molecule has 12 heavy (non-hydrogen) atoms. The summed E-state index contributed by atoms with van der Waals surface area (Å²) in [7, 11) is 0. The van der Waals surface area contributed by atoms with Crippen LogP contribution in [0.15, 0.2) is 0 Å². The van der Waals surface area contributed by atoms with Crippen LogP contribution in [0.1, 0.15) is 19.8 Å². The van der Waals surface area contributed by atoms with Crippen LogP contribution in [0.25, 0.3) is 0 Å². The molecule has 0 saturated carbocycles. The Balaban J connectivity index is 3.24. The predicted molar refractivity (Wildman–Crippen MR) is 59.1 cm³/mol. The molecule has 0 aromatic carbocycles. The van der Waals surface area contributed by atoms with Gasteiger partial charge in [-0.05, 0) is 18.4 Å². The van der Waals surface area contributed by atoms with Gasteiger partial charge in [-0.3, -0.25) is 4.79 Å². The zero-order valence-electron chi connectivity index (χ0n) is 7.67. The van der Waals surface area contributed by atoms with Gasteiger partial charge in [0.2, 0.25) is 5.91 Å². The molecule has 1 amide bonds. The van der Waals surface area contributed by atoms with E-state index in [4.69, 9.17) is 0 Å². The van der Waals surface area contributed by atoms with Gasteiger partial charge in [0.15, 0.2) is 0 Å². The van der Waals surface area contributed by atoms with E-state index in [2.05, 4.69) is 31.1 Å². The largest absolute Gasteiger partial charge is 0.356 e. The van der Waals surface area contributed by atoms with Crippen LogP contribution in [0.3, 0.4) is 0 Å². The summed E-state index contributed by atoms with van der Waals surface area (Å²) >= 11 is 5.80. The van der Waals surface area contributed by atoms with Crippen molar-refractivity contribution >= 4 is 30.3 Å². The molecule has 0 aromatic heterocycles.